The molecular formula is C13H15FN2O2. The van der Waals surface area contributed by atoms with Crippen LogP contribution in [0, 0.1) is 5.82 Å². The van der Waals surface area contributed by atoms with E-state index < -0.39 is 6.10 Å². The number of halogens is 1. The minimum Gasteiger partial charge on any atom is -0.488 e. The third kappa shape index (κ3) is 2.87. The van der Waals surface area contributed by atoms with Crippen molar-refractivity contribution in [3.05, 3.63) is 47.5 Å². The molecule has 0 aliphatic heterocycles. The molecule has 5 heteroatoms. The molecule has 0 spiro atoms. The van der Waals surface area contributed by atoms with Crippen LogP contribution in [0.5, 0.6) is 5.75 Å². The predicted octanol–water partition coefficient (Wildman–Crippen LogP) is 2.19. The van der Waals surface area contributed by atoms with Crippen LogP contribution in [0.1, 0.15) is 24.2 Å². The molecule has 96 valence electrons. The molecule has 0 amide bonds. The molecule has 1 N–H and O–H groups in total. The van der Waals surface area contributed by atoms with Gasteiger partial charge in [0.15, 0.2) is 0 Å². The second-order valence-electron chi connectivity index (χ2n) is 4.17. The summed E-state index contributed by atoms with van der Waals surface area (Å²) >= 11 is 0. The van der Waals surface area contributed by atoms with Gasteiger partial charge < -0.3 is 9.84 Å². The Bertz CT molecular complexity index is 538. The molecule has 1 heterocycles. The van der Waals surface area contributed by atoms with E-state index in [0.717, 1.165) is 5.56 Å². The Balaban J connectivity index is 2.13. The lowest BCUT2D eigenvalue weighted by molar-refractivity contribution is 0.189. The lowest BCUT2D eigenvalue weighted by atomic mass is 10.1. The molecule has 0 bridgehead atoms. The third-order valence-corrected chi connectivity index (χ3v) is 2.57. The molecular weight excluding hydrogens is 235 g/mol. The highest BCUT2D eigenvalue weighted by Gasteiger charge is 2.11. The van der Waals surface area contributed by atoms with Gasteiger partial charge in [0.25, 0.3) is 0 Å². The fraction of sp³-hybridized carbons (Fsp3) is 0.308. The van der Waals surface area contributed by atoms with Gasteiger partial charge in [-0.25, -0.2) is 4.39 Å². The first-order valence-electron chi connectivity index (χ1n) is 5.64. The minimum absolute atomic E-state index is 0.333. The summed E-state index contributed by atoms with van der Waals surface area (Å²) < 4.78 is 20.3. The van der Waals surface area contributed by atoms with Crippen LogP contribution in [-0.2, 0) is 13.7 Å². The Morgan fingerprint density at radius 2 is 2.28 bits per heavy atom. The predicted molar refractivity (Wildman–Crippen MR) is 64.6 cm³/mol. The largest absolute Gasteiger partial charge is 0.488 e. The van der Waals surface area contributed by atoms with Gasteiger partial charge in [-0.15, -0.1) is 0 Å². The van der Waals surface area contributed by atoms with Crippen LogP contribution < -0.4 is 4.74 Å². The van der Waals surface area contributed by atoms with Gasteiger partial charge in [-0.2, -0.15) is 5.10 Å². The van der Waals surface area contributed by atoms with Crippen LogP contribution in [0.2, 0.25) is 0 Å². The van der Waals surface area contributed by atoms with E-state index in [2.05, 4.69) is 5.10 Å². The van der Waals surface area contributed by atoms with Crippen LogP contribution >= 0.6 is 0 Å². The number of aromatic nitrogens is 2. The van der Waals surface area contributed by atoms with E-state index >= 15 is 0 Å². The standard InChI is InChI=1S/C13H15FN2O2/c1-9(17)12-5-11(14)3-4-13(12)18-8-10-6-15-16(2)7-10/h3-7,9,17H,8H2,1-2H3/t9-/m1/s1. The monoisotopic (exact) mass is 250 g/mol. The molecule has 1 aromatic carbocycles. The van der Waals surface area contributed by atoms with Crippen LogP contribution in [0.15, 0.2) is 30.6 Å². The van der Waals surface area contributed by atoms with Gasteiger partial charge in [0.05, 0.1) is 12.3 Å². The van der Waals surface area contributed by atoms with Crippen molar-refractivity contribution < 1.29 is 14.2 Å². The molecule has 1 atom stereocenters. The summed E-state index contributed by atoms with van der Waals surface area (Å²) in [5, 5.41) is 13.6. The maximum Gasteiger partial charge on any atom is 0.125 e. The second kappa shape index (κ2) is 5.18. The van der Waals surface area contributed by atoms with Crippen LogP contribution in [-0.4, -0.2) is 14.9 Å². The highest BCUT2D eigenvalue weighted by molar-refractivity contribution is 5.35. The van der Waals surface area contributed by atoms with Gasteiger partial charge in [-0.3, -0.25) is 4.68 Å². The van der Waals surface area contributed by atoms with E-state index in [9.17, 15) is 9.50 Å². The Kier molecular flexibility index (Phi) is 3.62. The number of aryl methyl sites for hydroxylation is 1. The maximum absolute atomic E-state index is 13.1. The quantitative estimate of drug-likeness (QED) is 0.904. The van der Waals surface area contributed by atoms with Crippen LogP contribution in [0.4, 0.5) is 4.39 Å². The average Bonchev–Trinajstić information content (AvgIpc) is 2.73. The molecule has 0 saturated carbocycles. The lowest BCUT2D eigenvalue weighted by Gasteiger charge is -2.12. The van der Waals surface area contributed by atoms with Gasteiger partial charge in [0.1, 0.15) is 18.2 Å². The fourth-order valence-electron chi connectivity index (χ4n) is 1.68. The molecule has 0 aliphatic carbocycles. The Hall–Kier alpha value is -1.88. The van der Waals surface area contributed by atoms with Crippen molar-refractivity contribution in [3.63, 3.8) is 0 Å². The summed E-state index contributed by atoms with van der Waals surface area (Å²) in [6, 6.07) is 4.11. The minimum atomic E-state index is -0.774. The number of aliphatic hydroxyl groups excluding tert-OH is 1. The number of benzene rings is 1. The summed E-state index contributed by atoms with van der Waals surface area (Å²) in [5.74, 6) is 0.0925. The number of ether oxygens (including phenoxy) is 1. The number of nitrogens with zero attached hydrogens (tertiary/aromatic N) is 2. The van der Waals surface area contributed by atoms with Crippen LogP contribution in [0.25, 0.3) is 0 Å². The van der Waals surface area contributed by atoms with Gasteiger partial charge in [-0.1, -0.05) is 0 Å². The molecule has 2 aromatic rings. The maximum atomic E-state index is 13.1. The lowest BCUT2D eigenvalue weighted by Crippen LogP contribution is -2.01. The van der Waals surface area contributed by atoms with E-state index in [1.807, 2.05) is 13.2 Å². The van der Waals surface area contributed by atoms with E-state index in [1.165, 1.54) is 18.2 Å². The van der Waals surface area contributed by atoms with Crippen molar-refractivity contribution in [2.24, 2.45) is 7.05 Å². The Morgan fingerprint density at radius 1 is 1.50 bits per heavy atom. The van der Waals surface area contributed by atoms with E-state index in [4.69, 9.17) is 4.74 Å². The van der Waals surface area contributed by atoms with Crippen molar-refractivity contribution in [2.75, 3.05) is 0 Å². The molecule has 18 heavy (non-hydrogen) atoms. The number of hydrogen-bond donors (Lipinski definition) is 1. The normalized spacial score (nSPS) is 12.4. The summed E-state index contributed by atoms with van der Waals surface area (Å²) in [7, 11) is 1.82. The van der Waals surface area contributed by atoms with Gasteiger partial charge in [0, 0.05) is 24.4 Å². The SMILES string of the molecule is C[C@@H](O)c1cc(F)ccc1OCc1cnn(C)c1. The Labute approximate surface area is 105 Å². The highest BCUT2D eigenvalue weighted by Crippen LogP contribution is 2.26. The fourth-order valence-corrected chi connectivity index (χ4v) is 1.68. The van der Waals surface area contributed by atoms with Crippen molar-refractivity contribution in [3.8, 4) is 5.75 Å². The van der Waals surface area contributed by atoms with Crippen molar-refractivity contribution in [2.45, 2.75) is 19.6 Å². The van der Waals surface area contributed by atoms with Crippen molar-refractivity contribution >= 4 is 0 Å². The molecule has 0 saturated heterocycles. The number of hydrogen-bond acceptors (Lipinski definition) is 3. The first-order chi connectivity index (χ1) is 8.56. The first-order valence-corrected chi connectivity index (χ1v) is 5.64. The zero-order valence-electron chi connectivity index (χ0n) is 10.3. The third-order valence-electron chi connectivity index (χ3n) is 2.57. The molecule has 1 aromatic heterocycles. The summed E-state index contributed by atoms with van der Waals surface area (Å²) in [4.78, 5) is 0. The molecule has 4 nitrogen and oxygen atoms in total. The number of aliphatic hydroxyl groups is 1. The smallest absolute Gasteiger partial charge is 0.125 e. The molecule has 0 fully saturated rings. The summed E-state index contributed by atoms with van der Waals surface area (Å²) in [6.07, 6.45) is 2.77. The number of rotatable bonds is 4. The first kappa shape index (κ1) is 12.6. The topological polar surface area (TPSA) is 47.3 Å². The van der Waals surface area contributed by atoms with Crippen LogP contribution in [0.3, 0.4) is 0 Å². The highest BCUT2D eigenvalue weighted by atomic mass is 19.1. The molecule has 0 radical (unpaired) electrons. The zero-order chi connectivity index (χ0) is 13.1. The van der Waals surface area contributed by atoms with Crippen molar-refractivity contribution in [1.29, 1.82) is 0 Å². The van der Waals surface area contributed by atoms with Gasteiger partial charge in [-0.05, 0) is 25.1 Å². The second-order valence-corrected chi connectivity index (χ2v) is 4.17. The van der Waals surface area contributed by atoms with Crippen molar-refractivity contribution in [1.82, 2.24) is 9.78 Å². The average molecular weight is 250 g/mol. The molecule has 0 aliphatic rings. The summed E-state index contributed by atoms with van der Waals surface area (Å²) in [5.41, 5.74) is 1.36. The van der Waals surface area contributed by atoms with Gasteiger partial charge in [0.2, 0.25) is 0 Å². The Morgan fingerprint density at radius 3 is 2.89 bits per heavy atom. The van der Waals surface area contributed by atoms with E-state index in [1.54, 1.807) is 17.8 Å². The van der Waals surface area contributed by atoms with E-state index in [0.29, 0.717) is 17.9 Å². The zero-order valence-corrected chi connectivity index (χ0v) is 10.3. The summed E-state index contributed by atoms with van der Waals surface area (Å²) in [6.45, 7) is 1.91. The van der Waals surface area contributed by atoms with Gasteiger partial charge >= 0.3 is 0 Å². The molecule has 2 rings (SSSR count). The van der Waals surface area contributed by atoms with E-state index in [-0.39, 0.29) is 5.82 Å². The molecule has 0 unspecified atom stereocenters.